The molecule has 1 aliphatic carbocycles. The summed E-state index contributed by atoms with van der Waals surface area (Å²) in [6, 6.07) is 19.2. The third-order valence-corrected chi connectivity index (χ3v) is 11.7. The van der Waals surface area contributed by atoms with Crippen LogP contribution in [0.25, 0.3) is 11.3 Å². The first-order valence-corrected chi connectivity index (χ1v) is 20.7. The van der Waals surface area contributed by atoms with E-state index in [1.165, 1.54) is 12.5 Å². The second-order valence-corrected chi connectivity index (χ2v) is 17.2. The quantitative estimate of drug-likeness (QED) is 0.136. The van der Waals surface area contributed by atoms with Gasteiger partial charge in [-0.15, -0.1) is 10.2 Å². The van der Waals surface area contributed by atoms with Crippen molar-refractivity contribution in [2.75, 3.05) is 43.4 Å². The Morgan fingerprint density at radius 2 is 1.66 bits per heavy atom. The van der Waals surface area contributed by atoms with Crippen LogP contribution in [0, 0.1) is 5.82 Å². The minimum absolute atomic E-state index is 0.193. The number of piperidine rings is 1. The molecule has 0 radical (unpaired) electrons. The van der Waals surface area contributed by atoms with Gasteiger partial charge in [0.05, 0.1) is 23.6 Å². The number of aromatic nitrogens is 5. The van der Waals surface area contributed by atoms with Gasteiger partial charge >= 0.3 is 6.03 Å². The number of piperazine rings is 1. The number of carbonyl (C=O) groups is 2. The maximum Gasteiger partial charge on any atom is 0.320 e. The van der Waals surface area contributed by atoms with Gasteiger partial charge in [0.25, 0.3) is 6.47 Å². The number of pyridine rings is 1. The Kier molecular flexibility index (Phi) is 12.5. The lowest BCUT2D eigenvalue weighted by molar-refractivity contribution is -0.122. The average Bonchev–Trinajstić information content (AvgIpc) is 3.81. The molecule has 14 nitrogen and oxygen atoms in total. The summed E-state index contributed by atoms with van der Waals surface area (Å²) in [5.74, 6) is 1.74. The SMILES string of the molecule is C[C@@H]1CCC[C@H](C)N1c1nnc2ccc(O[C@@H]3CC[C@H](NC(=O)Nc4cc(C(C)(C)C)nn4-c4cc(F)cc(CN5CCN(C)CC5)c4)c4ccccc43)cn12.O=CO. The van der Waals surface area contributed by atoms with E-state index < -0.39 is 0 Å². The fourth-order valence-electron chi connectivity index (χ4n) is 8.56. The van der Waals surface area contributed by atoms with Gasteiger partial charge in [-0.05, 0) is 100 Å². The average molecular weight is 809 g/mol. The number of halogens is 1. The van der Waals surface area contributed by atoms with Gasteiger partial charge in [0.15, 0.2) is 5.65 Å². The zero-order valence-electron chi connectivity index (χ0n) is 34.9. The minimum Gasteiger partial charge on any atom is -0.484 e. The highest BCUT2D eigenvalue weighted by Gasteiger charge is 2.32. The molecule has 0 saturated carbocycles. The van der Waals surface area contributed by atoms with Crippen molar-refractivity contribution < 1.29 is 23.8 Å². The largest absolute Gasteiger partial charge is 0.484 e. The van der Waals surface area contributed by atoms with Gasteiger partial charge in [-0.3, -0.25) is 19.4 Å². The molecule has 2 aromatic carbocycles. The second-order valence-electron chi connectivity index (χ2n) is 17.2. The van der Waals surface area contributed by atoms with Crippen molar-refractivity contribution in [1.82, 2.24) is 39.5 Å². The van der Waals surface area contributed by atoms with E-state index in [1.807, 2.05) is 47.0 Å². The normalized spacial score (nSPS) is 21.3. The number of nitrogens with zero attached hydrogens (tertiary/aromatic N) is 8. The number of carbonyl (C=O) groups excluding carboxylic acids is 1. The van der Waals surface area contributed by atoms with E-state index in [0.717, 1.165) is 78.7 Å². The van der Waals surface area contributed by atoms with Crippen molar-refractivity contribution in [2.24, 2.45) is 0 Å². The molecule has 15 heteroatoms. The number of hydrogen-bond acceptors (Lipinski definition) is 9. The molecular formula is C44H57FN10O4. The van der Waals surface area contributed by atoms with Gasteiger partial charge in [-0.1, -0.05) is 45.0 Å². The number of urea groups is 1. The fraction of sp³-hybridized carbons (Fsp3) is 0.477. The highest BCUT2D eigenvalue weighted by atomic mass is 19.1. The van der Waals surface area contributed by atoms with Crippen LogP contribution in [0.4, 0.5) is 21.0 Å². The Bertz CT molecular complexity index is 2230. The van der Waals surface area contributed by atoms with Crippen molar-refractivity contribution in [3.8, 4) is 11.4 Å². The highest BCUT2D eigenvalue weighted by molar-refractivity contribution is 5.89. The van der Waals surface area contributed by atoms with Crippen LogP contribution in [0.5, 0.6) is 5.75 Å². The monoisotopic (exact) mass is 808 g/mol. The number of anilines is 2. The zero-order chi connectivity index (χ0) is 41.8. The lowest BCUT2D eigenvalue weighted by Gasteiger charge is -2.39. The molecule has 2 amide bonds. The van der Waals surface area contributed by atoms with Crippen LogP contribution in [0.3, 0.4) is 0 Å². The summed E-state index contributed by atoms with van der Waals surface area (Å²) in [7, 11) is 2.12. The van der Waals surface area contributed by atoms with E-state index in [4.69, 9.17) is 19.7 Å². The number of likely N-dealkylation sites (N-methyl/N-ethyl adjacent to an activating group) is 1. The van der Waals surface area contributed by atoms with E-state index in [1.54, 1.807) is 10.7 Å². The number of amides is 2. The van der Waals surface area contributed by atoms with Gasteiger partial charge in [-0.25, -0.2) is 13.9 Å². The van der Waals surface area contributed by atoms with Crippen LogP contribution in [0.2, 0.25) is 0 Å². The van der Waals surface area contributed by atoms with Gasteiger partial charge < -0.3 is 25.0 Å². The molecule has 0 unspecified atom stereocenters. The number of ether oxygens (including phenoxy) is 1. The smallest absolute Gasteiger partial charge is 0.320 e. The molecular weight excluding hydrogens is 752 g/mol. The van der Waals surface area contributed by atoms with Crippen LogP contribution >= 0.6 is 0 Å². The molecule has 3 N–H and O–H groups in total. The molecule has 3 aliphatic rings. The first-order valence-electron chi connectivity index (χ1n) is 20.7. The van der Waals surface area contributed by atoms with Crippen LogP contribution in [-0.2, 0) is 16.8 Å². The first kappa shape index (κ1) is 41.6. The van der Waals surface area contributed by atoms with E-state index in [-0.39, 0.29) is 35.9 Å². The van der Waals surface area contributed by atoms with E-state index in [9.17, 15) is 4.79 Å². The van der Waals surface area contributed by atoms with Gasteiger partial charge in [0.2, 0.25) is 5.95 Å². The Labute approximate surface area is 345 Å². The van der Waals surface area contributed by atoms with E-state index >= 15 is 4.39 Å². The number of hydrogen-bond donors (Lipinski definition) is 3. The summed E-state index contributed by atoms with van der Waals surface area (Å²) in [4.78, 5) is 29.2. The number of carboxylic acid groups (broad SMARTS) is 1. The maximum absolute atomic E-state index is 15.2. The van der Waals surface area contributed by atoms with E-state index in [2.05, 4.69) is 89.3 Å². The molecule has 4 atom stereocenters. The van der Waals surface area contributed by atoms with Gasteiger partial charge in [-0.2, -0.15) is 5.10 Å². The molecule has 8 rings (SSSR count). The van der Waals surface area contributed by atoms with Crippen LogP contribution in [-0.4, -0.2) is 97.1 Å². The van der Waals surface area contributed by atoms with Crippen molar-refractivity contribution >= 4 is 29.9 Å². The maximum atomic E-state index is 15.2. The molecule has 2 saturated heterocycles. The predicted octanol–water partition coefficient (Wildman–Crippen LogP) is 7.34. The Hall–Kier alpha value is -5.54. The standard InChI is InChI=1S/C43H55FN10O2.CH2O2/c1-28-10-9-11-29(2)53(28)42-48-47-39-17-14-33(27-52(39)42)56-37-16-15-36(34-12-7-8-13-35(34)37)45-41(55)46-40-25-38(43(3,4)5)49-54(40)32-23-30(22-31(44)24-32)26-51-20-18-50(6)19-21-51;2-1-3/h7-8,12-14,17,22-25,27-29,36-37H,9-11,15-16,18-21,26H2,1-6H3,(H2,45,46,55);1H,(H,2,3)/t28-,29+,36-,37+;/m0./s1. The van der Waals surface area contributed by atoms with E-state index in [0.29, 0.717) is 43.0 Å². The van der Waals surface area contributed by atoms with Gasteiger partial charge in [0, 0.05) is 56.3 Å². The summed E-state index contributed by atoms with van der Waals surface area (Å²) in [6.07, 6.45) is 6.69. The van der Waals surface area contributed by atoms with Crippen LogP contribution in [0.1, 0.15) is 101 Å². The molecule has 3 aromatic heterocycles. The van der Waals surface area contributed by atoms with Crippen molar-refractivity contribution in [2.45, 2.75) is 103 Å². The molecule has 5 aromatic rings. The molecule has 0 spiro atoms. The second kappa shape index (κ2) is 17.8. The highest BCUT2D eigenvalue weighted by Crippen LogP contribution is 2.39. The summed E-state index contributed by atoms with van der Waals surface area (Å²) in [6.45, 7) is 15.0. The number of benzene rings is 2. The van der Waals surface area contributed by atoms with Crippen LogP contribution in [0.15, 0.2) is 66.9 Å². The molecule has 5 heterocycles. The van der Waals surface area contributed by atoms with Gasteiger partial charge in [0.1, 0.15) is 23.5 Å². The molecule has 59 heavy (non-hydrogen) atoms. The summed E-state index contributed by atoms with van der Waals surface area (Å²) >= 11 is 0. The Morgan fingerprint density at radius 3 is 2.37 bits per heavy atom. The third kappa shape index (κ3) is 9.52. The number of rotatable bonds is 8. The first-order chi connectivity index (χ1) is 28.3. The fourth-order valence-corrected chi connectivity index (χ4v) is 8.56. The van der Waals surface area contributed by atoms with Crippen molar-refractivity contribution in [1.29, 1.82) is 0 Å². The Balaban J connectivity index is 0.00000171. The lowest BCUT2D eigenvalue weighted by atomic mass is 9.85. The van der Waals surface area contributed by atoms with Crippen molar-refractivity contribution in [3.63, 3.8) is 0 Å². The molecule has 2 fully saturated rings. The zero-order valence-corrected chi connectivity index (χ0v) is 34.9. The molecule has 314 valence electrons. The summed E-state index contributed by atoms with van der Waals surface area (Å²) in [5.41, 5.74) is 4.78. The number of fused-ring (bicyclic) bond motifs is 2. The summed E-state index contributed by atoms with van der Waals surface area (Å²) < 4.78 is 25.6. The lowest BCUT2D eigenvalue weighted by Crippen LogP contribution is -2.44. The van der Waals surface area contributed by atoms with Crippen molar-refractivity contribution in [3.05, 3.63) is 95.1 Å². The minimum atomic E-state index is -0.355. The number of nitrogens with one attached hydrogen (secondary N) is 2. The third-order valence-electron chi connectivity index (χ3n) is 11.7. The summed E-state index contributed by atoms with van der Waals surface area (Å²) in [5, 5.41) is 27.1. The predicted molar refractivity (Wildman–Crippen MR) is 226 cm³/mol. The Morgan fingerprint density at radius 1 is 0.949 bits per heavy atom. The molecule has 2 aliphatic heterocycles. The molecule has 0 bridgehead atoms. The topological polar surface area (TPSA) is 145 Å². The van der Waals surface area contributed by atoms with Crippen LogP contribution < -0.4 is 20.3 Å².